The van der Waals surface area contributed by atoms with Crippen molar-refractivity contribution in [2.45, 2.75) is 25.2 Å². The zero-order valence-corrected chi connectivity index (χ0v) is 16.2. The summed E-state index contributed by atoms with van der Waals surface area (Å²) in [7, 11) is 0. The maximum Gasteiger partial charge on any atom is 0.303 e. The molecule has 0 radical (unpaired) electrons. The number of aliphatic carboxylic acids is 1. The predicted octanol–water partition coefficient (Wildman–Crippen LogP) is 2.94. The molecule has 1 atom stereocenters. The fourth-order valence-electron chi connectivity index (χ4n) is 3.25. The third-order valence-electron chi connectivity index (χ3n) is 4.72. The Hall–Kier alpha value is -3.09. The molecule has 6 nitrogen and oxygen atoms in total. The number of carboxylic acids is 1. The van der Waals surface area contributed by atoms with E-state index < -0.39 is 5.97 Å². The number of carboxylic acid groups (broad SMARTS) is 1. The minimum absolute atomic E-state index is 0.00294. The Balaban J connectivity index is 1.48. The van der Waals surface area contributed by atoms with Gasteiger partial charge < -0.3 is 20.5 Å². The largest absolute Gasteiger partial charge is 0.494 e. The van der Waals surface area contributed by atoms with E-state index in [2.05, 4.69) is 15.6 Å². The maximum atomic E-state index is 13.2. The van der Waals surface area contributed by atoms with Gasteiger partial charge in [-0.25, -0.2) is 4.39 Å². The van der Waals surface area contributed by atoms with E-state index in [0.29, 0.717) is 13.0 Å². The molecule has 0 saturated carbocycles. The molecule has 1 aliphatic rings. The van der Waals surface area contributed by atoms with Crippen molar-refractivity contribution in [1.82, 2.24) is 10.6 Å². The van der Waals surface area contributed by atoms with Gasteiger partial charge in [-0.2, -0.15) is 0 Å². The highest BCUT2D eigenvalue weighted by Crippen LogP contribution is 2.26. The average Bonchev–Trinajstić information content (AvgIpc) is 3.22. The van der Waals surface area contributed by atoms with Crippen molar-refractivity contribution in [3.63, 3.8) is 0 Å². The van der Waals surface area contributed by atoms with Crippen LogP contribution >= 0.6 is 0 Å². The molecule has 2 aromatic rings. The van der Waals surface area contributed by atoms with Crippen LogP contribution in [-0.4, -0.2) is 43.3 Å². The van der Waals surface area contributed by atoms with Crippen molar-refractivity contribution >= 4 is 11.9 Å². The second kappa shape index (κ2) is 10.5. The van der Waals surface area contributed by atoms with E-state index in [-0.39, 0.29) is 18.2 Å². The van der Waals surface area contributed by atoms with Crippen molar-refractivity contribution in [3.8, 4) is 5.75 Å². The van der Waals surface area contributed by atoms with E-state index in [4.69, 9.17) is 4.74 Å². The van der Waals surface area contributed by atoms with Crippen LogP contribution in [0.5, 0.6) is 5.75 Å². The lowest BCUT2D eigenvalue weighted by Crippen LogP contribution is -2.34. The maximum absolute atomic E-state index is 13.2. The number of halogens is 1. The minimum Gasteiger partial charge on any atom is -0.494 e. The quantitative estimate of drug-likeness (QED) is 0.535. The molecule has 3 N–H and O–H groups in total. The zero-order chi connectivity index (χ0) is 20.5. The molecule has 0 amide bonds. The number of aliphatic imine (C=N–C) groups is 1. The predicted molar refractivity (Wildman–Crippen MR) is 110 cm³/mol. The second-order valence-corrected chi connectivity index (χ2v) is 6.98. The molecule has 1 unspecified atom stereocenters. The molecule has 0 bridgehead atoms. The van der Waals surface area contributed by atoms with Gasteiger partial charge in [-0.3, -0.25) is 9.79 Å². The number of guanidine groups is 1. The highest BCUT2D eigenvalue weighted by Gasteiger charge is 2.16. The molecule has 29 heavy (non-hydrogen) atoms. The normalized spacial score (nSPS) is 14.0. The summed E-state index contributed by atoms with van der Waals surface area (Å²) >= 11 is 0. The van der Waals surface area contributed by atoms with Crippen LogP contribution in [0.25, 0.3) is 0 Å². The molecule has 0 saturated heterocycles. The topological polar surface area (TPSA) is 83.0 Å². The van der Waals surface area contributed by atoms with Crippen LogP contribution in [0.15, 0.2) is 53.5 Å². The van der Waals surface area contributed by atoms with Gasteiger partial charge in [0, 0.05) is 13.1 Å². The zero-order valence-electron chi connectivity index (χ0n) is 16.2. The summed E-state index contributed by atoms with van der Waals surface area (Å²) in [5.41, 5.74) is 1.84. The first-order valence-electron chi connectivity index (χ1n) is 9.81. The minimum atomic E-state index is -0.869. The van der Waals surface area contributed by atoms with E-state index in [0.717, 1.165) is 48.9 Å². The fraction of sp³-hybridized carbons (Fsp3) is 0.364. The monoisotopic (exact) mass is 399 g/mol. The van der Waals surface area contributed by atoms with Crippen molar-refractivity contribution in [1.29, 1.82) is 0 Å². The van der Waals surface area contributed by atoms with E-state index in [1.165, 1.54) is 12.1 Å². The molecule has 0 aromatic heterocycles. The Morgan fingerprint density at radius 2 is 1.97 bits per heavy atom. The first kappa shape index (κ1) is 20.6. The van der Waals surface area contributed by atoms with Crippen LogP contribution in [0.3, 0.4) is 0 Å². The number of carbonyl (C=O) groups is 1. The van der Waals surface area contributed by atoms with Gasteiger partial charge in [0.2, 0.25) is 0 Å². The molecule has 154 valence electrons. The Morgan fingerprint density at radius 1 is 1.21 bits per heavy atom. The molecule has 1 aliphatic heterocycles. The lowest BCUT2D eigenvalue weighted by molar-refractivity contribution is -0.137. The van der Waals surface area contributed by atoms with Gasteiger partial charge in [0.15, 0.2) is 5.96 Å². The smallest absolute Gasteiger partial charge is 0.303 e. The summed E-state index contributed by atoms with van der Waals surface area (Å²) < 4.78 is 18.9. The van der Waals surface area contributed by atoms with Crippen molar-refractivity contribution in [3.05, 3.63) is 65.5 Å². The van der Waals surface area contributed by atoms with Gasteiger partial charge in [-0.05, 0) is 54.2 Å². The van der Waals surface area contributed by atoms with Crippen LogP contribution in [0.2, 0.25) is 0 Å². The Bertz CT molecular complexity index is 822. The van der Waals surface area contributed by atoms with E-state index in [1.54, 1.807) is 12.1 Å². The van der Waals surface area contributed by atoms with Gasteiger partial charge >= 0.3 is 5.97 Å². The Kier molecular flexibility index (Phi) is 7.44. The van der Waals surface area contributed by atoms with Crippen LogP contribution in [0, 0.1) is 5.82 Å². The number of hydrogen-bond acceptors (Lipinski definition) is 5. The number of rotatable bonds is 10. The molecule has 7 heteroatoms. The summed E-state index contributed by atoms with van der Waals surface area (Å²) in [6, 6.07) is 13.7. The van der Waals surface area contributed by atoms with Crippen LogP contribution in [0.4, 0.5) is 4.39 Å². The second-order valence-electron chi connectivity index (χ2n) is 6.98. The van der Waals surface area contributed by atoms with E-state index in [9.17, 15) is 14.3 Å². The Morgan fingerprint density at radius 3 is 2.62 bits per heavy atom. The number of nitrogens with zero attached hydrogens (tertiary/aromatic N) is 1. The van der Waals surface area contributed by atoms with Gasteiger partial charge in [0.05, 0.1) is 19.6 Å². The molecular weight excluding hydrogens is 373 g/mol. The number of hydrogen-bond donors (Lipinski definition) is 3. The van der Waals surface area contributed by atoms with Crippen molar-refractivity contribution < 1.29 is 19.0 Å². The molecule has 0 aliphatic carbocycles. The SMILES string of the molecule is O=C(O)CC(Cc1ccc(OCCCNC2=NCCN2)cc1)c1ccc(F)cc1. The summed E-state index contributed by atoms with van der Waals surface area (Å²) in [5, 5.41) is 15.6. The lowest BCUT2D eigenvalue weighted by atomic mass is 9.89. The van der Waals surface area contributed by atoms with Crippen molar-refractivity contribution in [2.75, 3.05) is 26.2 Å². The third kappa shape index (κ3) is 6.78. The number of benzene rings is 2. The summed E-state index contributed by atoms with van der Waals surface area (Å²) in [6.07, 6.45) is 1.42. The molecule has 0 fully saturated rings. The van der Waals surface area contributed by atoms with Gasteiger partial charge in [0.25, 0.3) is 0 Å². The molecule has 3 rings (SSSR count). The Labute approximate surface area is 169 Å². The van der Waals surface area contributed by atoms with Crippen LogP contribution in [0.1, 0.15) is 29.9 Å². The third-order valence-corrected chi connectivity index (χ3v) is 4.72. The summed E-state index contributed by atoms with van der Waals surface area (Å²) in [4.78, 5) is 15.5. The molecule has 1 heterocycles. The summed E-state index contributed by atoms with van der Waals surface area (Å²) in [6.45, 7) is 3.09. The average molecular weight is 399 g/mol. The fourth-order valence-corrected chi connectivity index (χ4v) is 3.25. The lowest BCUT2D eigenvalue weighted by Gasteiger charge is -2.16. The summed E-state index contributed by atoms with van der Waals surface area (Å²) in [5.74, 6) is 0.227. The standard InChI is InChI=1S/C22H26FN3O3/c23-19-6-4-17(5-7-19)18(15-21(27)28)14-16-2-8-20(9-3-16)29-13-1-10-24-22-25-11-12-26-22/h2-9,18H,1,10-15H2,(H,27,28)(H2,24,25,26). The molecular formula is C22H26FN3O3. The van der Waals surface area contributed by atoms with Gasteiger partial charge in [-0.15, -0.1) is 0 Å². The van der Waals surface area contributed by atoms with Crippen LogP contribution in [-0.2, 0) is 11.2 Å². The van der Waals surface area contributed by atoms with Gasteiger partial charge in [-0.1, -0.05) is 24.3 Å². The highest BCUT2D eigenvalue weighted by atomic mass is 19.1. The molecule has 0 spiro atoms. The molecule has 2 aromatic carbocycles. The van der Waals surface area contributed by atoms with Gasteiger partial charge in [0.1, 0.15) is 11.6 Å². The number of ether oxygens (including phenoxy) is 1. The van der Waals surface area contributed by atoms with E-state index >= 15 is 0 Å². The van der Waals surface area contributed by atoms with Crippen molar-refractivity contribution in [2.24, 2.45) is 4.99 Å². The first-order valence-corrected chi connectivity index (χ1v) is 9.81. The first-order chi connectivity index (χ1) is 14.1. The highest BCUT2D eigenvalue weighted by molar-refractivity contribution is 5.81. The number of nitrogens with one attached hydrogen (secondary N) is 2. The van der Waals surface area contributed by atoms with E-state index in [1.807, 2.05) is 24.3 Å². The van der Waals surface area contributed by atoms with Crippen LogP contribution < -0.4 is 15.4 Å².